The molecule has 8 heteroatoms. The van der Waals surface area contributed by atoms with Crippen molar-refractivity contribution in [1.82, 2.24) is 15.1 Å². The molecule has 7 nitrogen and oxygen atoms in total. The van der Waals surface area contributed by atoms with Crippen LogP contribution in [0.1, 0.15) is 12.8 Å². The maximum atomic E-state index is 11.5. The zero-order valence-corrected chi connectivity index (χ0v) is 17.4. The van der Waals surface area contributed by atoms with Gasteiger partial charge >= 0.3 is 0 Å². The van der Waals surface area contributed by atoms with Gasteiger partial charge in [-0.1, -0.05) is 35.0 Å². The van der Waals surface area contributed by atoms with Crippen LogP contribution in [-0.4, -0.2) is 34.1 Å². The Morgan fingerprint density at radius 2 is 1.81 bits per heavy atom. The number of primary amides is 1. The van der Waals surface area contributed by atoms with Gasteiger partial charge in [-0.25, -0.2) is 4.98 Å². The summed E-state index contributed by atoms with van der Waals surface area (Å²) in [4.78, 5) is 23.1. The molecule has 1 amide bonds. The molecule has 2 N–H and O–H groups in total. The van der Waals surface area contributed by atoms with Crippen LogP contribution in [0.3, 0.4) is 0 Å². The second-order valence-electron chi connectivity index (χ2n) is 7.64. The van der Waals surface area contributed by atoms with Crippen molar-refractivity contribution in [2.45, 2.75) is 12.8 Å². The maximum absolute atomic E-state index is 11.5. The molecule has 1 saturated heterocycles. The van der Waals surface area contributed by atoms with E-state index in [1.54, 1.807) is 12.1 Å². The Kier molecular flexibility index (Phi) is 5.03. The summed E-state index contributed by atoms with van der Waals surface area (Å²) in [5.41, 5.74) is 7.97. The molecule has 0 bridgehead atoms. The van der Waals surface area contributed by atoms with Gasteiger partial charge < -0.3 is 15.2 Å². The van der Waals surface area contributed by atoms with Gasteiger partial charge in [-0.05, 0) is 49.2 Å². The number of fused-ring (bicyclic) bond motifs is 1. The smallest absolute Gasteiger partial charge is 0.259 e. The summed E-state index contributed by atoms with van der Waals surface area (Å²) >= 11 is 5.98. The molecule has 1 fully saturated rings. The summed E-state index contributed by atoms with van der Waals surface area (Å²) < 4.78 is 5.63. The average molecular weight is 434 g/mol. The third kappa shape index (κ3) is 3.84. The van der Waals surface area contributed by atoms with Crippen LogP contribution in [0.2, 0.25) is 5.02 Å². The highest BCUT2D eigenvalue weighted by molar-refractivity contribution is 6.30. The van der Waals surface area contributed by atoms with E-state index in [0.717, 1.165) is 53.8 Å². The lowest BCUT2D eigenvalue weighted by molar-refractivity contribution is -0.122. The lowest BCUT2D eigenvalue weighted by atomic mass is 9.96. The van der Waals surface area contributed by atoms with Crippen LogP contribution in [0.4, 0.5) is 5.82 Å². The normalized spacial score (nSPS) is 14.8. The molecule has 156 valence electrons. The van der Waals surface area contributed by atoms with Crippen molar-refractivity contribution in [2.24, 2.45) is 11.7 Å². The van der Waals surface area contributed by atoms with E-state index in [9.17, 15) is 4.79 Å². The SMILES string of the molecule is NC(=O)C1CCN(c2cc(-c3nc(-c4ccc(Cl)cc4)no3)c3ccccc3n2)CC1. The first kappa shape index (κ1) is 19.5. The number of anilines is 1. The lowest BCUT2D eigenvalue weighted by Gasteiger charge is -2.31. The molecule has 0 aliphatic carbocycles. The predicted molar refractivity (Wildman–Crippen MR) is 120 cm³/mol. The number of amides is 1. The summed E-state index contributed by atoms with van der Waals surface area (Å²) in [7, 11) is 0. The molecule has 0 spiro atoms. The van der Waals surface area contributed by atoms with E-state index >= 15 is 0 Å². The van der Waals surface area contributed by atoms with E-state index in [2.05, 4.69) is 15.0 Å². The van der Waals surface area contributed by atoms with Crippen molar-refractivity contribution >= 4 is 34.2 Å². The van der Waals surface area contributed by atoms with Gasteiger partial charge in [0.05, 0.1) is 11.1 Å². The van der Waals surface area contributed by atoms with Gasteiger partial charge in [-0.2, -0.15) is 4.98 Å². The second-order valence-corrected chi connectivity index (χ2v) is 8.08. The Labute approximate surface area is 183 Å². The fourth-order valence-electron chi connectivity index (χ4n) is 3.94. The number of nitrogens with zero attached hydrogens (tertiary/aromatic N) is 4. The molecule has 0 atom stereocenters. The summed E-state index contributed by atoms with van der Waals surface area (Å²) in [6, 6.07) is 17.2. The predicted octanol–water partition coefficient (Wildman–Crippen LogP) is 4.31. The van der Waals surface area contributed by atoms with E-state index in [0.29, 0.717) is 16.7 Å². The Bertz CT molecular complexity index is 1250. The number of hydrogen-bond acceptors (Lipinski definition) is 6. The van der Waals surface area contributed by atoms with Gasteiger partial charge in [0.25, 0.3) is 5.89 Å². The van der Waals surface area contributed by atoms with E-state index in [-0.39, 0.29) is 11.8 Å². The van der Waals surface area contributed by atoms with Crippen LogP contribution >= 0.6 is 11.6 Å². The van der Waals surface area contributed by atoms with Crippen LogP contribution in [-0.2, 0) is 4.79 Å². The molecular formula is C23H20ClN5O2. The van der Waals surface area contributed by atoms with Crippen molar-refractivity contribution in [3.8, 4) is 22.8 Å². The van der Waals surface area contributed by atoms with Gasteiger partial charge in [0.15, 0.2) is 0 Å². The summed E-state index contributed by atoms with van der Waals surface area (Å²) in [6.07, 6.45) is 1.45. The van der Waals surface area contributed by atoms with Crippen LogP contribution in [0, 0.1) is 5.92 Å². The second kappa shape index (κ2) is 8.00. The van der Waals surface area contributed by atoms with Crippen LogP contribution in [0.15, 0.2) is 59.1 Å². The molecule has 1 aliphatic heterocycles. The average Bonchev–Trinajstić information content (AvgIpc) is 3.29. The van der Waals surface area contributed by atoms with Crippen molar-refractivity contribution in [2.75, 3.05) is 18.0 Å². The number of carbonyl (C=O) groups excluding carboxylic acids is 1. The standard InChI is InChI=1S/C23H20ClN5O2/c24-16-7-5-15(6-8-16)22-27-23(31-28-22)18-13-20(26-19-4-2-1-3-17(18)19)29-11-9-14(10-12-29)21(25)30/h1-8,13-14H,9-12H2,(H2,25,30). The summed E-state index contributed by atoms with van der Waals surface area (Å²) in [6.45, 7) is 1.44. The van der Waals surface area contributed by atoms with Crippen LogP contribution < -0.4 is 10.6 Å². The van der Waals surface area contributed by atoms with Gasteiger partial charge in [0.2, 0.25) is 11.7 Å². The summed E-state index contributed by atoms with van der Waals surface area (Å²) in [5.74, 6) is 1.44. The molecule has 0 saturated carbocycles. The Hall–Kier alpha value is -3.45. The molecule has 3 heterocycles. The molecule has 31 heavy (non-hydrogen) atoms. The van der Waals surface area contributed by atoms with Crippen LogP contribution in [0.25, 0.3) is 33.7 Å². The third-order valence-electron chi connectivity index (χ3n) is 5.68. The first-order chi connectivity index (χ1) is 15.1. The number of pyridine rings is 1. The summed E-state index contributed by atoms with van der Waals surface area (Å²) in [5, 5.41) is 5.74. The van der Waals surface area contributed by atoms with Crippen molar-refractivity contribution in [1.29, 1.82) is 0 Å². The van der Waals surface area contributed by atoms with E-state index in [1.165, 1.54) is 0 Å². The molecule has 5 rings (SSSR count). The number of halogens is 1. The minimum atomic E-state index is -0.229. The zero-order chi connectivity index (χ0) is 21.4. The number of piperidine rings is 1. The molecule has 2 aromatic carbocycles. The Morgan fingerprint density at radius 1 is 1.06 bits per heavy atom. The minimum absolute atomic E-state index is 0.0750. The van der Waals surface area contributed by atoms with Crippen LogP contribution in [0.5, 0.6) is 0 Å². The van der Waals surface area contributed by atoms with E-state index in [1.807, 2.05) is 42.5 Å². The molecule has 0 unspecified atom stereocenters. The van der Waals surface area contributed by atoms with Gasteiger partial charge in [-0.3, -0.25) is 4.79 Å². The lowest BCUT2D eigenvalue weighted by Crippen LogP contribution is -2.38. The zero-order valence-electron chi connectivity index (χ0n) is 16.7. The monoisotopic (exact) mass is 433 g/mol. The quantitative estimate of drug-likeness (QED) is 0.515. The van der Waals surface area contributed by atoms with Gasteiger partial charge in [-0.15, -0.1) is 0 Å². The highest BCUT2D eigenvalue weighted by Crippen LogP contribution is 2.33. The topological polar surface area (TPSA) is 98.1 Å². The highest BCUT2D eigenvalue weighted by Gasteiger charge is 2.25. The number of nitrogens with two attached hydrogens (primary N) is 1. The molecule has 4 aromatic rings. The molecular weight excluding hydrogens is 414 g/mol. The number of para-hydroxylation sites is 1. The third-order valence-corrected chi connectivity index (χ3v) is 5.93. The van der Waals surface area contributed by atoms with Crippen molar-refractivity contribution in [3.63, 3.8) is 0 Å². The number of rotatable bonds is 4. The molecule has 1 aliphatic rings. The van der Waals surface area contributed by atoms with E-state index < -0.39 is 0 Å². The largest absolute Gasteiger partial charge is 0.369 e. The fourth-order valence-corrected chi connectivity index (χ4v) is 4.07. The number of benzene rings is 2. The van der Waals surface area contributed by atoms with Crippen molar-refractivity contribution < 1.29 is 9.32 Å². The van der Waals surface area contributed by atoms with Gasteiger partial charge in [0.1, 0.15) is 5.82 Å². The Morgan fingerprint density at radius 3 is 2.55 bits per heavy atom. The number of carbonyl (C=O) groups is 1. The van der Waals surface area contributed by atoms with Crippen molar-refractivity contribution in [3.05, 3.63) is 59.6 Å². The number of aromatic nitrogens is 3. The molecule has 0 radical (unpaired) electrons. The first-order valence-corrected chi connectivity index (χ1v) is 10.5. The van der Waals surface area contributed by atoms with Gasteiger partial charge in [0, 0.05) is 35.0 Å². The highest BCUT2D eigenvalue weighted by atomic mass is 35.5. The minimum Gasteiger partial charge on any atom is -0.369 e. The maximum Gasteiger partial charge on any atom is 0.259 e. The van der Waals surface area contributed by atoms with E-state index in [4.69, 9.17) is 26.8 Å². The number of hydrogen-bond donors (Lipinski definition) is 1. The molecule has 2 aromatic heterocycles. The Balaban J connectivity index is 1.53. The fraction of sp³-hybridized carbons (Fsp3) is 0.217. The first-order valence-electron chi connectivity index (χ1n) is 10.1.